The van der Waals surface area contributed by atoms with Gasteiger partial charge in [0.05, 0.1) is 0 Å². The van der Waals surface area contributed by atoms with Crippen molar-refractivity contribution in [3.63, 3.8) is 0 Å². The first-order valence-corrected chi connectivity index (χ1v) is 6.38. The second kappa shape index (κ2) is 6.18. The molecule has 0 fully saturated rings. The normalized spacial score (nSPS) is 15.2. The van der Waals surface area contributed by atoms with E-state index in [4.69, 9.17) is 0 Å². The summed E-state index contributed by atoms with van der Waals surface area (Å²) in [4.78, 5) is 2.26. The topological polar surface area (TPSA) is 15.3 Å². The van der Waals surface area contributed by atoms with Gasteiger partial charge in [-0.1, -0.05) is 51.1 Å². The van der Waals surface area contributed by atoms with Gasteiger partial charge in [-0.3, -0.25) is 0 Å². The van der Waals surface area contributed by atoms with Crippen molar-refractivity contribution in [3.05, 3.63) is 35.9 Å². The lowest BCUT2D eigenvalue weighted by atomic mass is 9.81. The summed E-state index contributed by atoms with van der Waals surface area (Å²) in [6.45, 7) is 8.78. The molecule has 17 heavy (non-hydrogen) atoms. The van der Waals surface area contributed by atoms with E-state index >= 15 is 0 Å². The molecule has 2 nitrogen and oxygen atoms in total. The fraction of sp³-hybridized carbons (Fsp3) is 0.600. The van der Waals surface area contributed by atoms with Crippen LogP contribution in [-0.2, 0) is 5.41 Å². The number of hydrogen-bond donors (Lipinski definition) is 1. The fourth-order valence-corrected chi connectivity index (χ4v) is 2.22. The van der Waals surface area contributed by atoms with Crippen molar-refractivity contribution < 1.29 is 0 Å². The fourth-order valence-electron chi connectivity index (χ4n) is 2.22. The monoisotopic (exact) mass is 234 g/mol. The van der Waals surface area contributed by atoms with E-state index in [-0.39, 0.29) is 5.41 Å². The summed E-state index contributed by atoms with van der Waals surface area (Å²) < 4.78 is 0. The quantitative estimate of drug-likeness (QED) is 0.813. The maximum Gasteiger partial charge on any atom is 0.0176 e. The highest BCUT2D eigenvalue weighted by molar-refractivity contribution is 5.25. The number of hydrogen-bond acceptors (Lipinski definition) is 2. The van der Waals surface area contributed by atoms with E-state index in [0.717, 1.165) is 13.1 Å². The van der Waals surface area contributed by atoms with Gasteiger partial charge in [0.15, 0.2) is 0 Å². The Labute approximate surface area is 106 Å². The summed E-state index contributed by atoms with van der Waals surface area (Å²) in [5.41, 5.74) is 1.57. The molecule has 0 heterocycles. The van der Waals surface area contributed by atoms with E-state index in [1.807, 2.05) is 0 Å². The molecule has 0 bridgehead atoms. The van der Waals surface area contributed by atoms with Crippen molar-refractivity contribution in [2.75, 3.05) is 27.2 Å². The molecule has 0 amide bonds. The zero-order valence-corrected chi connectivity index (χ0v) is 11.8. The molecular weight excluding hydrogens is 208 g/mol. The average molecular weight is 234 g/mol. The van der Waals surface area contributed by atoms with Crippen LogP contribution in [0.2, 0.25) is 0 Å². The molecule has 1 atom stereocenters. The molecule has 0 radical (unpaired) electrons. The van der Waals surface area contributed by atoms with Gasteiger partial charge in [0.2, 0.25) is 0 Å². The summed E-state index contributed by atoms with van der Waals surface area (Å²) >= 11 is 0. The Morgan fingerprint density at radius 2 is 1.76 bits per heavy atom. The highest BCUT2D eigenvalue weighted by Crippen LogP contribution is 2.23. The third kappa shape index (κ3) is 4.49. The SMILES string of the molecule is CC(C)NCC(C)(CN(C)C)c1ccccc1. The number of nitrogens with zero attached hydrogens (tertiary/aromatic N) is 1. The standard InChI is InChI=1S/C15H26N2/c1-13(2)16-11-15(3,12-17(4)5)14-9-7-6-8-10-14/h6-10,13,16H,11-12H2,1-5H3. The molecule has 0 aromatic heterocycles. The highest BCUT2D eigenvalue weighted by Gasteiger charge is 2.27. The van der Waals surface area contributed by atoms with Crippen LogP contribution in [0.15, 0.2) is 30.3 Å². The molecule has 1 rings (SSSR count). The number of rotatable bonds is 6. The van der Waals surface area contributed by atoms with Crippen LogP contribution in [0.4, 0.5) is 0 Å². The van der Waals surface area contributed by atoms with Crippen molar-refractivity contribution in [2.24, 2.45) is 0 Å². The summed E-state index contributed by atoms with van der Waals surface area (Å²) in [7, 11) is 4.27. The highest BCUT2D eigenvalue weighted by atomic mass is 15.1. The van der Waals surface area contributed by atoms with Crippen molar-refractivity contribution in [2.45, 2.75) is 32.2 Å². The van der Waals surface area contributed by atoms with Gasteiger partial charge in [-0.25, -0.2) is 0 Å². The van der Waals surface area contributed by atoms with Crippen molar-refractivity contribution >= 4 is 0 Å². The van der Waals surface area contributed by atoms with Crippen LogP contribution < -0.4 is 5.32 Å². The number of benzene rings is 1. The Balaban J connectivity index is 2.85. The molecule has 0 aliphatic carbocycles. The summed E-state index contributed by atoms with van der Waals surface area (Å²) in [6, 6.07) is 11.3. The summed E-state index contributed by atoms with van der Waals surface area (Å²) in [6.07, 6.45) is 0. The minimum atomic E-state index is 0.162. The van der Waals surface area contributed by atoms with Gasteiger partial charge < -0.3 is 10.2 Å². The van der Waals surface area contributed by atoms with E-state index in [9.17, 15) is 0 Å². The van der Waals surface area contributed by atoms with Gasteiger partial charge in [0, 0.05) is 24.5 Å². The lowest BCUT2D eigenvalue weighted by Crippen LogP contribution is -2.45. The van der Waals surface area contributed by atoms with Crippen LogP contribution in [-0.4, -0.2) is 38.1 Å². The lowest BCUT2D eigenvalue weighted by molar-refractivity contribution is 0.283. The predicted octanol–water partition coefficient (Wildman–Crippen LogP) is 2.50. The molecule has 1 aromatic rings. The van der Waals surface area contributed by atoms with Crippen LogP contribution in [0.25, 0.3) is 0 Å². The van der Waals surface area contributed by atoms with E-state index in [2.05, 4.69) is 75.4 Å². The molecule has 0 spiro atoms. The van der Waals surface area contributed by atoms with E-state index in [1.165, 1.54) is 5.56 Å². The van der Waals surface area contributed by atoms with E-state index in [1.54, 1.807) is 0 Å². The van der Waals surface area contributed by atoms with Gasteiger partial charge in [0.1, 0.15) is 0 Å². The maximum atomic E-state index is 3.56. The van der Waals surface area contributed by atoms with Gasteiger partial charge in [-0.05, 0) is 19.7 Å². The molecule has 0 saturated carbocycles. The molecule has 0 saturated heterocycles. The first-order chi connectivity index (χ1) is 7.94. The Morgan fingerprint density at radius 1 is 1.18 bits per heavy atom. The summed E-state index contributed by atoms with van der Waals surface area (Å²) in [5, 5.41) is 3.56. The number of likely N-dealkylation sites (N-methyl/N-ethyl adjacent to an activating group) is 1. The first kappa shape index (κ1) is 14.2. The van der Waals surface area contributed by atoms with Crippen molar-refractivity contribution in [3.8, 4) is 0 Å². The second-order valence-corrected chi connectivity index (χ2v) is 5.70. The van der Waals surface area contributed by atoms with Crippen LogP contribution in [0, 0.1) is 0 Å². The third-order valence-corrected chi connectivity index (χ3v) is 3.04. The largest absolute Gasteiger partial charge is 0.314 e. The molecule has 0 aliphatic heterocycles. The molecule has 0 aliphatic rings. The Bertz CT molecular complexity index is 319. The van der Waals surface area contributed by atoms with Gasteiger partial charge in [0.25, 0.3) is 0 Å². The zero-order valence-electron chi connectivity index (χ0n) is 11.8. The Kier molecular flexibility index (Phi) is 5.16. The second-order valence-electron chi connectivity index (χ2n) is 5.70. The minimum Gasteiger partial charge on any atom is -0.314 e. The van der Waals surface area contributed by atoms with Crippen LogP contribution in [0.1, 0.15) is 26.3 Å². The summed E-state index contributed by atoms with van der Waals surface area (Å²) in [5.74, 6) is 0. The van der Waals surface area contributed by atoms with Crippen molar-refractivity contribution in [1.82, 2.24) is 10.2 Å². The third-order valence-electron chi connectivity index (χ3n) is 3.04. The van der Waals surface area contributed by atoms with E-state index in [0.29, 0.717) is 6.04 Å². The Hall–Kier alpha value is -0.860. The minimum absolute atomic E-state index is 0.162. The molecular formula is C15H26N2. The Morgan fingerprint density at radius 3 is 2.24 bits per heavy atom. The average Bonchev–Trinajstić information content (AvgIpc) is 2.27. The molecule has 1 N–H and O–H groups in total. The van der Waals surface area contributed by atoms with Crippen LogP contribution in [0.5, 0.6) is 0 Å². The van der Waals surface area contributed by atoms with Gasteiger partial charge in [-0.2, -0.15) is 0 Å². The van der Waals surface area contributed by atoms with Crippen molar-refractivity contribution in [1.29, 1.82) is 0 Å². The maximum absolute atomic E-state index is 3.56. The number of nitrogens with one attached hydrogen (secondary N) is 1. The molecule has 1 unspecified atom stereocenters. The van der Waals surface area contributed by atoms with Crippen LogP contribution >= 0.6 is 0 Å². The van der Waals surface area contributed by atoms with Gasteiger partial charge in [-0.15, -0.1) is 0 Å². The first-order valence-electron chi connectivity index (χ1n) is 6.38. The molecule has 2 heteroatoms. The smallest absolute Gasteiger partial charge is 0.0176 e. The predicted molar refractivity (Wildman–Crippen MR) is 75.5 cm³/mol. The molecule has 96 valence electrons. The molecule has 1 aromatic carbocycles. The van der Waals surface area contributed by atoms with Crippen LogP contribution in [0.3, 0.4) is 0 Å². The zero-order chi connectivity index (χ0) is 12.9. The van der Waals surface area contributed by atoms with E-state index < -0.39 is 0 Å². The lowest BCUT2D eigenvalue weighted by Gasteiger charge is -2.34. The van der Waals surface area contributed by atoms with Gasteiger partial charge >= 0.3 is 0 Å².